The van der Waals surface area contributed by atoms with Crippen molar-refractivity contribution in [1.82, 2.24) is 19.8 Å². The highest BCUT2D eigenvalue weighted by Gasteiger charge is 2.52. The first kappa shape index (κ1) is 13.3. The maximum Gasteiger partial charge on any atom is 0.239 e. The third-order valence-corrected chi connectivity index (χ3v) is 5.05. The quantitative estimate of drug-likeness (QED) is 0.778. The number of imidazole rings is 1. The number of hydrogen-bond donors (Lipinski definition) is 2. The van der Waals surface area contributed by atoms with Crippen molar-refractivity contribution in [3.05, 3.63) is 18.2 Å². The van der Waals surface area contributed by atoms with Gasteiger partial charge in [0.1, 0.15) is 11.4 Å². The van der Waals surface area contributed by atoms with Gasteiger partial charge in [-0.15, -0.1) is 0 Å². The number of nitrogens with zero attached hydrogens (tertiary/aromatic N) is 3. The Morgan fingerprint density at radius 1 is 1.38 bits per heavy atom. The highest BCUT2D eigenvalue weighted by atomic mass is 16.1. The number of amides is 1. The van der Waals surface area contributed by atoms with Crippen LogP contribution in [0.15, 0.2) is 12.4 Å². The molecule has 3 aliphatic rings. The van der Waals surface area contributed by atoms with Gasteiger partial charge < -0.3 is 10.3 Å². The minimum absolute atomic E-state index is 0.175. The molecular formula is C15H23N5O. The van der Waals surface area contributed by atoms with Crippen molar-refractivity contribution >= 4 is 5.91 Å². The highest BCUT2D eigenvalue weighted by molar-refractivity contribution is 5.86. The van der Waals surface area contributed by atoms with Crippen LogP contribution in [-0.4, -0.2) is 45.0 Å². The van der Waals surface area contributed by atoms with E-state index in [4.69, 9.17) is 5.73 Å². The number of primary amides is 1. The number of hydrogen-bond acceptors (Lipinski definition) is 4. The Balaban J connectivity index is 1.53. The molecule has 2 fully saturated rings. The third kappa shape index (κ3) is 2.46. The molecule has 6 nitrogen and oxygen atoms in total. The van der Waals surface area contributed by atoms with Gasteiger partial charge in [-0.2, -0.15) is 0 Å². The molecule has 1 aromatic rings. The molecule has 1 amide bonds. The lowest BCUT2D eigenvalue weighted by Gasteiger charge is -2.39. The normalized spacial score (nSPS) is 25.3. The number of nitrogens with two attached hydrogens (primary N) is 1. The zero-order valence-electron chi connectivity index (χ0n) is 12.3. The van der Waals surface area contributed by atoms with Gasteiger partial charge in [0.2, 0.25) is 5.91 Å². The first-order valence-corrected chi connectivity index (χ1v) is 7.97. The van der Waals surface area contributed by atoms with Gasteiger partial charge in [-0.1, -0.05) is 0 Å². The molecule has 0 radical (unpaired) electrons. The van der Waals surface area contributed by atoms with Gasteiger partial charge in [-0.05, 0) is 31.6 Å². The molecule has 0 aromatic carbocycles. The summed E-state index contributed by atoms with van der Waals surface area (Å²) in [6.07, 6.45) is 8.45. The van der Waals surface area contributed by atoms with Crippen LogP contribution in [0, 0.1) is 5.92 Å². The molecule has 4 rings (SSSR count). The predicted molar refractivity (Wildman–Crippen MR) is 78.3 cm³/mol. The fourth-order valence-electron chi connectivity index (χ4n) is 3.52. The Morgan fingerprint density at radius 3 is 2.86 bits per heavy atom. The monoisotopic (exact) mass is 289 g/mol. The number of rotatable bonds is 6. The van der Waals surface area contributed by atoms with Crippen LogP contribution in [-0.2, 0) is 17.9 Å². The van der Waals surface area contributed by atoms with E-state index in [1.54, 1.807) is 0 Å². The largest absolute Gasteiger partial charge is 0.368 e. The van der Waals surface area contributed by atoms with E-state index in [1.165, 1.54) is 12.8 Å². The molecule has 1 atom stereocenters. The number of fused-ring (bicyclic) bond motifs is 1. The summed E-state index contributed by atoms with van der Waals surface area (Å²) in [7, 11) is 0. The van der Waals surface area contributed by atoms with Crippen molar-refractivity contribution < 1.29 is 4.79 Å². The van der Waals surface area contributed by atoms with Crippen LogP contribution >= 0.6 is 0 Å². The first-order chi connectivity index (χ1) is 10.2. The van der Waals surface area contributed by atoms with E-state index >= 15 is 0 Å². The van der Waals surface area contributed by atoms with E-state index in [9.17, 15) is 4.79 Å². The topological polar surface area (TPSA) is 76.2 Å². The smallest absolute Gasteiger partial charge is 0.239 e. The van der Waals surface area contributed by atoms with Gasteiger partial charge >= 0.3 is 0 Å². The Morgan fingerprint density at radius 2 is 2.19 bits per heavy atom. The molecule has 1 unspecified atom stereocenters. The van der Waals surface area contributed by atoms with E-state index in [0.717, 1.165) is 44.8 Å². The van der Waals surface area contributed by atoms with Crippen LogP contribution in [0.3, 0.4) is 0 Å². The molecule has 6 heteroatoms. The lowest BCUT2D eigenvalue weighted by atomic mass is 9.90. The van der Waals surface area contributed by atoms with Crippen molar-refractivity contribution in [2.45, 2.75) is 50.4 Å². The van der Waals surface area contributed by atoms with Crippen LogP contribution in [0.1, 0.15) is 31.5 Å². The van der Waals surface area contributed by atoms with Crippen LogP contribution in [0.5, 0.6) is 0 Å². The van der Waals surface area contributed by atoms with Crippen LogP contribution in [0.4, 0.5) is 0 Å². The molecule has 2 aliphatic carbocycles. The lowest BCUT2D eigenvalue weighted by Crippen LogP contribution is -2.64. The van der Waals surface area contributed by atoms with E-state index < -0.39 is 5.54 Å². The molecule has 0 saturated heterocycles. The molecule has 1 aliphatic heterocycles. The fourth-order valence-corrected chi connectivity index (χ4v) is 3.52. The van der Waals surface area contributed by atoms with Gasteiger partial charge in [0.15, 0.2) is 0 Å². The molecule has 114 valence electrons. The number of carbonyl (C=O) groups is 1. The minimum atomic E-state index is -0.532. The molecular weight excluding hydrogens is 266 g/mol. The van der Waals surface area contributed by atoms with E-state index in [2.05, 4.69) is 19.8 Å². The summed E-state index contributed by atoms with van der Waals surface area (Å²) >= 11 is 0. The molecule has 2 heterocycles. The predicted octanol–water partition coefficient (Wildman–Crippen LogP) is 0.0848. The second kappa shape index (κ2) is 4.81. The van der Waals surface area contributed by atoms with Gasteiger partial charge in [0.25, 0.3) is 0 Å². The zero-order valence-corrected chi connectivity index (χ0v) is 12.3. The Bertz CT molecular complexity index is 548. The maximum atomic E-state index is 12.2. The van der Waals surface area contributed by atoms with Crippen molar-refractivity contribution in [3.63, 3.8) is 0 Å². The highest BCUT2D eigenvalue weighted by Crippen LogP contribution is 2.42. The van der Waals surface area contributed by atoms with Crippen molar-refractivity contribution in [3.8, 4) is 0 Å². The van der Waals surface area contributed by atoms with Gasteiger partial charge in [0, 0.05) is 38.1 Å². The Hall–Kier alpha value is -1.40. The molecule has 1 aromatic heterocycles. The summed E-state index contributed by atoms with van der Waals surface area (Å²) in [6, 6.07) is 0.491. The average molecular weight is 289 g/mol. The zero-order chi connectivity index (χ0) is 14.4. The first-order valence-electron chi connectivity index (χ1n) is 7.97. The molecule has 21 heavy (non-hydrogen) atoms. The second-order valence-corrected chi connectivity index (χ2v) is 6.78. The van der Waals surface area contributed by atoms with Crippen molar-refractivity contribution in [2.75, 3.05) is 13.1 Å². The number of carbonyl (C=O) groups excluding carboxylic acids is 1. The molecule has 2 saturated carbocycles. The standard InChI is InChI=1S/C15H23N5O/c16-14(21)15(11-1-2-11,18-12-3-4-12)10-19-7-8-20-6-5-17-13(20)9-19/h5-6,11-12,18H,1-4,7-10H2,(H2,16,21). The van der Waals surface area contributed by atoms with Gasteiger partial charge in [-0.25, -0.2) is 4.98 Å². The summed E-state index contributed by atoms with van der Waals surface area (Å²) in [4.78, 5) is 19.0. The van der Waals surface area contributed by atoms with Crippen molar-refractivity contribution in [2.24, 2.45) is 11.7 Å². The molecule has 0 spiro atoms. The summed E-state index contributed by atoms with van der Waals surface area (Å²) in [6.45, 7) is 3.42. The Labute approximate surface area is 124 Å². The lowest BCUT2D eigenvalue weighted by molar-refractivity contribution is -0.126. The van der Waals surface area contributed by atoms with Crippen molar-refractivity contribution in [1.29, 1.82) is 0 Å². The SMILES string of the molecule is NC(=O)C(CN1CCn2ccnc2C1)(NC1CC1)C1CC1. The van der Waals surface area contributed by atoms with E-state index in [-0.39, 0.29) is 5.91 Å². The third-order valence-electron chi connectivity index (χ3n) is 5.05. The molecule has 3 N–H and O–H groups in total. The number of aromatic nitrogens is 2. The van der Waals surface area contributed by atoms with Gasteiger partial charge in [0.05, 0.1) is 6.54 Å². The summed E-state index contributed by atoms with van der Waals surface area (Å²) in [5.74, 6) is 1.32. The minimum Gasteiger partial charge on any atom is -0.368 e. The van der Waals surface area contributed by atoms with Crippen LogP contribution in [0.2, 0.25) is 0 Å². The average Bonchev–Trinajstić information content (AvgIpc) is 3.36. The summed E-state index contributed by atoms with van der Waals surface area (Å²) in [5.41, 5.74) is 5.30. The summed E-state index contributed by atoms with van der Waals surface area (Å²) in [5, 5.41) is 3.59. The second-order valence-electron chi connectivity index (χ2n) is 6.78. The fraction of sp³-hybridized carbons (Fsp3) is 0.733. The van der Waals surface area contributed by atoms with Gasteiger partial charge in [-0.3, -0.25) is 15.0 Å². The van der Waals surface area contributed by atoms with Crippen LogP contribution in [0.25, 0.3) is 0 Å². The number of nitrogens with one attached hydrogen (secondary N) is 1. The van der Waals surface area contributed by atoms with Crippen LogP contribution < -0.4 is 11.1 Å². The maximum absolute atomic E-state index is 12.2. The van der Waals surface area contributed by atoms with E-state index in [1.807, 2.05) is 12.4 Å². The Kier molecular flexibility index (Phi) is 3.04. The van der Waals surface area contributed by atoms with E-state index in [0.29, 0.717) is 12.0 Å². The molecule has 0 bridgehead atoms. The summed E-state index contributed by atoms with van der Waals surface area (Å²) < 4.78 is 2.19.